The Labute approximate surface area is 211 Å². The van der Waals surface area contributed by atoms with Gasteiger partial charge in [0.1, 0.15) is 0 Å². The molecule has 0 bridgehead atoms. The zero-order valence-electron chi connectivity index (χ0n) is 17.7. The lowest BCUT2D eigenvalue weighted by Crippen LogP contribution is -2.26. The van der Waals surface area contributed by atoms with Gasteiger partial charge in [-0.1, -0.05) is 97.1 Å². The van der Waals surface area contributed by atoms with E-state index in [9.17, 15) is 14.2 Å². The van der Waals surface area contributed by atoms with Crippen LogP contribution in [-0.4, -0.2) is 17.7 Å². The number of carbonyl (C=O) groups is 2. The first-order valence-electron chi connectivity index (χ1n) is 10.8. The molecule has 1 atom stereocenters. The highest BCUT2D eigenvalue weighted by atomic mass is 35.5. The van der Waals surface area contributed by atoms with E-state index in [1.807, 2.05) is 0 Å². The molecule has 2 aromatic rings. The van der Waals surface area contributed by atoms with Gasteiger partial charge in [-0.15, -0.1) is 0 Å². The number of ketones is 2. The summed E-state index contributed by atoms with van der Waals surface area (Å²) in [4.78, 5) is 26.8. The minimum atomic E-state index is -0.968. The summed E-state index contributed by atoms with van der Waals surface area (Å²) < 4.78 is 10.6. The predicted octanol–water partition coefficient (Wildman–Crippen LogP) is 8.86. The van der Waals surface area contributed by atoms with E-state index in [1.54, 1.807) is 36.4 Å². The fraction of sp³-hybridized carbons (Fsp3) is 0.417. The Morgan fingerprint density at radius 2 is 1.03 bits per heavy atom. The molecular formula is C24H27Cl4O3P. The zero-order valence-corrected chi connectivity index (χ0v) is 21.9. The molecule has 0 heterocycles. The maximum Gasteiger partial charge on any atom is 0.176 e. The van der Waals surface area contributed by atoms with E-state index < -0.39 is 25.9 Å². The van der Waals surface area contributed by atoms with Crippen molar-refractivity contribution in [2.45, 2.75) is 51.4 Å². The molecule has 0 saturated heterocycles. The van der Waals surface area contributed by atoms with E-state index >= 15 is 0 Å². The Morgan fingerprint density at radius 3 is 1.44 bits per heavy atom. The fourth-order valence-electron chi connectivity index (χ4n) is 3.66. The Morgan fingerprint density at radius 1 is 0.656 bits per heavy atom. The van der Waals surface area contributed by atoms with Crippen molar-refractivity contribution in [2.75, 3.05) is 6.16 Å². The van der Waals surface area contributed by atoms with E-state index in [0.717, 1.165) is 44.7 Å². The second kappa shape index (κ2) is 14.4. The molecule has 0 saturated carbocycles. The van der Waals surface area contributed by atoms with Crippen LogP contribution >= 0.6 is 54.9 Å². The third-order valence-electron chi connectivity index (χ3n) is 5.37. The first kappa shape index (κ1) is 27.4. The van der Waals surface area contributed by atoms with Crippen molar-refractivity contribution >= 4 is 66.4 Å². The van der Waals surface area contributed by atoms with Crippen LogP contribution in [0.25, 0.3) is 0 Å². The van der Waals surface area contributed by atoms with Gasteiger partial charge in [0.25, 0.3) is 0 Å². The molecule has 0 N–H and O–H groups in total. The Balaban J connectivity index is 2.13. The summed E-state index contributed by atoms with van der Waals surface area (Å²) in [6, 6.07) is 9.64. The summed E-state index contributed by atoms with van der Waals surface area (Å²) in [5, 5.41) is 0.854. The van der Waals surface area contributed by atoms with Gasteiger partial charge in [-0.2, -0.15) is 0 Å². The van der Waals surface area contributed by atoms with Crippen LogP contribution in [-0.2, 0) is 4.57 Å². The maximum absolute atomic E-state index is 13.4. The SMILES string of the molecule is O=[PH2]CCCCCCCCCC(C(=O)c1c(Cl)cccc1Cl)C(=O)c1c(Cl)cccc1Cl. The van der Waals surface area contributed by atoms with Crippen molar-refractivity contribution in [2.24, 2.45) is 5.92 Å². The quantitative estimate of drug-likeness (QED) is 0.105. The normalized spacial score (nSPS) is 11.5. The maximum atomic E-state index is 13.4. The van der Waals surface area contributed by atoms with Gasteiger partial charge in [-0.3, -0.25) is 9.59 Å². The number of hydrogen-bond acceptors (Lipinski definition) is 3. The molecule has 0 aliphatic heterocycles. The highest BCUT2D eigenvalue weighted by Crippen LogP contribution is 2.33. The summed E-state index contributed by atoms with van der Waals surface area (Å²) in [5.41, 5.74) is 0.302. The van der Waals surface area contributed by atoms with Gasteiger partial charge in [0, 0.05) is 0 Å². The Kier molecular flexibility index (Phi) is 12.4. The molecule has 32 heavy (non-hydrogen) atoms. The molecule has 3 nitrogen and oxygen atoms in total. The minimum absolute atomic E-state index is 0.151. The number of carbonyl (C=O) groups excluding carboxylic acids is 2. The molecule has 0 amide bonds. The third kappa shape index (κ3) is 7.89. The van der Waals surface area contributed by atoms with Crippen molar-refractivity contribution < 1.29 is 14.2 Å². The van der Waals surface area contributed by atoms with Gasteiger partial charge < -0.3 is 4.57 Å². The number of halogens is 4. The molecule has 2 rings (SSSR count). The van der Waals surface area contributed by atoms with Gasteiger partial charge in [-0.25, -0.2) is 0 Å². The first-order valence-corrected chi connectivity index (χ1v) is 13.6. The van der Waals surface area contributed by atoms with Crippen LogP contribution in [0.3, 0.4) is 0 Å². The van der Waals surface area contributed by atoms with Crippen molar-refractivity contribution in [3.63, 3.8) is 0 Å². The Hall–Kier alpha value is -0.830. The molecule has 2 aromatic carbocycles. The van der Waals surface area contributed by atoms with Crippen LogP contribution in [0.1, 0.15) is 72.1 Å². The molecule has 0 aromatic heterocycles. The monoisotopic (exact) mass is 534 g/mol. The molecular weight excluding hydrogens is 509 g/mol. The average Bonchev–Trinajstić information content (AvgIpc) is 2.74. The van der Waals surface area contributed by atoms with Crippen molar-refractivity contribution in [1.29, 1.82) is 0 Å². The second-order valence-corrected chi connectivity index (χ2v) is 10.2. The lowest BCUT2D eigenvalue weighted by Gasteiger charge is -2.18. The van der Waals surface area contributed by atoms with Gasteiger partial charge in [0.05, 0.1) is 45.6 Å². The topological polar surface area (TPSA) is 51.2 Å². The van der Waals surface area contributed by atoms with Crippen LogP contribution in [0.4, 0.5) is 0 Å². The number of rotatable bonds is 14. The van der Waals surface area contributed by atoms with E-state index in [2.05, 4.69) is 0 Å². The van der Waals surface area contributed by atoms with Gasteiger partial charge >= 0.3 is 0 Å². The molecule has 0 radical (unpaired) electrons. The highest BCUT2D eigenvalue weighted by Gasteiger charge is 2.32. The van der Waals surface area contributed by atoms with Crippen LogP contribution in [0.2, 0.25) is 20.1 Å². The van der Waals surface area contributed by atoms with Crippen LogP contribution < -0.4 is 0 Å². The first-order chi connectivity index (χ1) is 15.4. The highest BCUT2D eigenvalue weighted by molar-refractivity contribution is 7.23. The van der Waals surface area contributed by atoms with Gasteiger partial charge in [0.2, 0.25) is 0 Å². The average molecular weight is 536 g/mol. The lowest BCUT2D eigenvalue weighted by molar-refractivity contribution is 0.0797. The molecule has 0 aliphatic rings. The summed E-state index contributed by atoms with van der Waals surface area (Å²) in [6.45, 7) is 0. The largest absolute Gasteiger partial charge is 0.330 e. The standard InChI is InChI=1S/C24H27Cl4O3P/c25-17-11-8-12-18(26)21(17)23(29)16(10-6-4-2-1-3-5-7-15-32-31)24(30)22-19(27)13-9-14-20(22)28/h8-9,11-14,16H,1-7,10,15,32H2. The molecule has 8 heteroatoms. The number of benzene rings is 2. The third-order valence-corrected chi connectivity index (χ3v) is 7.27. The van der Waals surface area contributed by atoms with Gasteiger partial charge in [0.15, 0.2) is 11.6 Å². The molecule has 0 fully saturated rings. The van der Waals surface area contributed by atoms with E-state index in [-0.39, 0.29) is 31.2 Å². The van der Waals surface area contributed by atoms with Crippen molar-refractivity contribution in [3.05, 3.63) is 67.6 Å². The summed E-state index contributed by atoms with van der Waals surface area (Å²) in [5.74, 6) is -1.80. The predicted molar refractivity (Wildman–Crippen MR) is 137 cm³/mol. The number of hydrogen-bond donors (Lipinski definition) is 0. The van der Waals surface area contributed by atoms with Gasteiger partial charge in [-0.05, 0) is 43.3 Å². The smallest absolute Gasteiger partial charge is 0.176 e. The summed E-state index contributed by atoms with van der Waals surface area (Å²) in [6.07, 6.45) is 8.08. The van der Waals surface area contributed by atoms with E-state index in [1.165, 1.54) is 0 Å². The second-order valence-electron chi connectivity index (χ2n) is 7.69. The molecule has 0 aliphatic carbocycles. The van der Waals surface area contributed by atoms with E-state index in [4.69, 9.17) is 46.4 Å². The fourth-order valence-corrected chi connectivity index (χ4v) is 5.28. The molecule has 1 unspecified atom stereocenters. The number of Topliss-reactive ketones (excluding diaryl/α,β-unsaturated/α-hetero) is 2. The van der Waals surface area contributed by atoms with Crippen LogP contribution in [0.5, 0.6) is 0 Å². The van der Waals surface area contributed by atoms with Crippen LogP contribution in [0, 0.1) is 5.92 Å². The number of unbranched alkanes of at least 4 members (excludes halogenated alkanes) is 6. The van der Waals surface area contributed by atoms with Crippen molar-refractivity contribution in [1.82, 2.24) is 0 Å². The minimum Gasteiger partial charge on any atom is -0.330 e. The Bertz CT molecular complexity index is 845. The summed E-state index contributed by atoms with van der Waals surface area (Å²) in [7, 11) is -0.642. The zero-order chi connectivity index (χ0) is 23.5. The van der Waals surface area contributed by atoms with Crippen LogP contribution in [0.15, 0.2) is 36.4 Å². The summed E-state index contributed by atoms with van der Waals surface area (Å²) >= 11 is 25.0. The molecule has 174 valence electrons. The molecule has 0 spiro atoms. The van der Waals surface area contributed by atoms with Crippen molar-refractivity contribution in [3.8, 4) is 0 Å². The van der Waals surface area contributed by atoms with E-state index in [0.29, 0.717) is 12.8 Å². The lowest BCUT2D eigenvalue weighted by atomic mass is 9.85.